The van der Waals surface area contributed by atoms with Crippen LogP contribution in [-0.4, -0.2) is 26.8 Å². The predicted octanol–water partition coefficient (Wildman–Crippen LogP) is 4.13. The van der Waals surface area contributed by atoms with Gasteiger partial charge in [-0.1, -0.05) is 56.1 Å². The first-order valence-electron chi connectivity index (χ1n) is 7.97. The molecule has 0 saturated heterocycles. The molecule has 8 nitrogen and oxygen atoms in total. The highest BCUT2D eigenvalue weighted by Crippen LogP contribution is 2.18. The summed E-state index contributed by atoms with van der Waals surface area (Å²) in [5.74, 6) is -0.755. The van der Waals surface area contributed by atoms with Crippen LogP contribution >= 0.6 is 31.9 Å². The van der Waals surface area contributed by atoms with Crippen LogP contribution in [0.15, 0.2) is 68.8 Å². The second kappa shape index (κ2) is 8.89. The fourth-order valence-corrected chi connectivity index (χ4v) is 2.86. The van der Waals surface area contributed by atoms with Crippen molar-refractivity contribution < 1.29 is 9.72 Å². The van der Waals surface area contributed by atoms with Crippen molar-refractivity contribution in [3.8, 4) is 0 Å². The lowest BCUT2D eigenvalue weighted by Gasteiger charge is -2.01. The van der Waals surface area contributed by atoms with E-state index in [4.69, 9.17) is 0 Å². The monoisotopic (exact) mass is 505 g/mol. The van der Waals surface area contributed by atoms with Crippen molar-refractivity contribution in [2.24, 2.45) is 5.10 Å². The number of nitrogens with zero attached hydrogens (tertiary/aromatic N) is 4. The Morgan fingerprint density at radius 3 is 2.36 bits per heavy atom. The zero-order chi connectivity index (χ0) is 20.1. The highest BCUT2D eigenvalue weighted by Gasteiger charge is 2.25. The maximum atomic E-state index is 12.3. The average molecular weight is 507 g/mol. The van der Waals surface area contributed by atoms with Crippen LogP contribution in [0.2, 0.25) is 0 Å². The first kappa shape index (κ1) is 19.9. The number of benzene rings is 2. The van der Waals surface area contributed by atoms with Crippen LogP contribution in [0.25, 0.3) is 0 Å². The third-order valence-corrected chi connectivity index (χ3v) is 4.72. The lowest BCUT2D eigenvalue weighted by atomic mass is 10.2. The standard InChI is InChI=1S/C18H13Br2N5O3/c19-14-5-1-12(2-6-14)9-21-22-18(26)17-16(25(27)28)11-24(23-17)10-13-3-7-15(20)8-4-13/h1-9,11H,10H2,(H,22,26). The van der Waals surface area contributed by atoms with Crippen molar-refractivity contribution in [2.75, 3.05) is 0 Å². The summed E-state index contributed by atoms with van der Waals surface area (Å²) in [7, 11) is 0. The number of carbonyl (C=O) groups excluding carboxylic acids is 1. The minimum Gasteiger partial charge on any atom is -0.265 e. The van der Waals surface area contributed by atoms with Gasteiger partial charge in [-0.05, 0) is 35.4 Å². The van der Waals surface area contributed by atoms with E-state index in [1.165, 1.54) is 17.1 Å². The molecule has 1 amide bonds. The molecule has 28 heavy (non-hydrogen) atoms. The molecule has 0 unspecified atom stereocenters. The molecule has 0 spiro atoms. The van der Waals surface area contributed by atoms with E-state index < -0.39 is 10.8 Å². The third kappa shape index (κ3) is 5.11. The summed E-state index contributed by atoms with van der Waals surface area (Å²) in [5.41, 5.74) is 3.25. The van der Waals surface area contributed by atoms with E-state index in [-0.39, 0.29) is 11.4 Å². The molecule has 3 aromatic rings. The number of nitro groups is 1. The second-order valence-electron chi connectivity index (χ2n) is 5.69. The molecule has 10 heteroatoms. The van der Waals surface area contributed by atoms with Gasteiger partial charge in [0.15, 0.2) is 0 Å². The van der Waals surface area contributed by atoms with E-state index in [9.17, 15) is 14.9 Å². The van der Waals surface area contributed by atoms with Crippen LogP contribution in [0.5, 0.6) is 0 Å². The van der Waals surface area contributed by atoms with Crippen LogP contribution in [-0.2, 0) is 6.54 Å². The number of aromatic nitrogens is 2. The van der Waals surface area contributed by atoms with Gasteiger partial charge in [-0.15, -0.1) is 0 Å². The van der Waals surface area contributed by atoms with Gasteiger partial charge < -0.3 is 0 Å². The summed E-state index contributed by atoms with van der Waals surface area (Å²) in [6.45, 7) is 0.295. The maximum Gasteiger partial charge on any atom is 0.320 e. The molecule has 0 atom stereocenters. The fraction of sp³-hybridized carbons (Fsp3) is 0.0556. The number of carbonyl (C=O) groups is 1. The van der Waals surface area contributed by atoms with Gasteiger partial charge in [0.25, 0.3) is 5.91 Å². The second-order valence-corrected chi connectivity index (χ2v) is 7.53. The molecule has 1 aromatic heterocycles. The maximum absolute atomic E-state index is 12.3. The molecule has 0 fully saturated rings. The molecule has 0 aliphatic heterocycles. The van der Waals surface area contributed by atoms with E-state index in [1.807, 2.05) is 36.4 Å². The normalized spacial score (nSPS) is 10.9. The number of rotatable bonds is 6. The Morgan fingerprint density at radius 1 is 1.14 bits per heavy atom. The molecule has 1 N–H and O–H groups in total. The van der Waals surface area contributed by atoms with E-state index in [1.54, 1.807) is 12.1 Å². The summed E-state index contributed by atoms with van der Waals surface area (Å²) in [6.07, 6.45) is 2.67. The van der Waals surface area contributed by atoms with E-state index in [0.717, 1.165) is 20.1 Å². The summed E-state index contributed by atoms with van der Waals surface area (Å²) < 4.78 is 3.20. The molecule has 0 aliphatic carbocycles. The largest absolute Gasteiger partial charge is 0.320 e. The fourth-order valence-electron chi connectivity index (χ4n) is 2.33. The van der Waals surface area contributed by atoms with Gasteiger partial charge >= 0.3 is 5.69 Å². The van der Waals surface area contributed by atoms with Crippen LogP contribution in [0.4, 0.5) is 5.69 Å². The molecule has 0 radical (unpaired) electrons. The Balaban J connectivity index is 1.74. The highest BCUT2D eigenvalue weighted by atomic mass is 79.9. The smallest absolute Gasteiger partial charge is 0.265 e. The molecular formula is C18H13Br2N5O3. The van der Waals surface area contributed by atoms with E-state index in [0.29, 0.717) is 6.54 Å². The van der Waals surface area contributed by atoms with Gasteiger partial charge in [0, 0.05) is 8.95 Å². The summed E-state index contributed by atoms with van der Waals surface area (Å²) in [5, 5.41) is 19.2. The number of hydrogen-bond donors (Lipinski definition) is 1. The molecule has 2 aromatic carbocycles. The minimum atomic E-state index is -0.755. The van der Waals surface area contributed by atoms with E-state index >= 15 is 0 Å². The van der Waals surface area contributed by atoms with Crippen LogP contribution < -0.4 is 5.43 Å². The molecule has 142 valence electrons. The Labute approximate surface area is 176 Å². The van der Waals surface area contributed by atoms with Gasteiger partial charge in [-0.2, -0.15) is 10.2 Å². The Kier molecular flexibility index (Phi) is 6.32. The van der Waals surface area contributed by atoms with Crippen molar-refractivity contribution in [2.45, 2.75) is 6.54 Å². The number of nitrogens with one attached hydrogen (secondary N) is 1. The van der Waals surface area contributed by atoms with Crippen molar-refractivity contribution in [1.82, 2.24) is 15.2 Å². The molecule has 0 saturated carbocycles. The highest BCUT2D eigenvalue weighted by molar-refractivity contribution is 9.10. The molecule has 0 bridgehead atoms. The van der Waals surface area contributed by atoms with Crippen molar-refractivity contribution in [3.05, 3.63) is 90.6 Å². The van der Waals surface area contributed by atoms with Crippen molar-refractivity contribution in [3.63, 3.8) is 0 Å². The first-order chi connectivity index (χ1) is 13.4. The van der Waals surface area contributed by atoms with Crippen LogP contribution in [0.1, 0.15) is 21.6 Å². The van der Waals surface area contributed by atoms with Crippen molar-refractivity contribution >= 4 is 49.7 Å². The third-order valence-electron chi connectivity index (χ3n) is 3.66. The molecule has 1 heterocycles. The molecular weight excluding hydrogens is 494 g/mol. The molecule has 0 aliphatic rings. The van der Waals surface area contributed by atoms with Gasteiger partial charge in [0.2, 0.25) is 5.69 Å². The zero-order valence-corrected chi connectivity index (χ0v) is 17.4. The predicted molar refractivity (Wildman–Crippen MR) is 111 cm³/mol. The van der Waals surface area contributed by atoms with Gasteiger partial charge in [-0.3, -0.25) is 19.6 Å². The summed E-state index contributed by atoms with van der Waals surface area (Å²) >= 11 is 6.68. The van der Waals surface area contributed by atoms with E-state index in [2.05, 4.69) is 47.5 Å². The average Bonchev–Trinajstić information content (AvgIpc) is 3.09. The van der Waals surface area contributed by atoms with Gasteiger partial charge in [0.1, 0.15) is 6.20 Å². The number of hydrazone groups is 1. The zero-order valence-electron chi connectivity index (χ0n) is 14.3. The van der Waals surface area contributed by atoms with Crippen LogP contribution in [0, 0.1) is 10.1 Å². The minimum absolute atomic E-state index is 0.295. The van der Waals surface area contributed by atoms with Crippen molar-refractivity contribution in [1.29, 1.82) is 0 Å². The SMILES string of the molecule is O=C(NN=Cc1ccc(Br)cc1)c1nn(Cc2ccc(Br)cc2)cc1[N+](=O)[O-]. The summed E-state index contributed by atoms with van der Waals surface area (Å²) in [4.78, 5) is 23.0. The number of amides is 1. The Hall–Kier alpha value is -2.85. The number of halogens is 2. The lowest BCUT2D eigenvalue weighted by Crippen LogP contribution is -2.19. The van der Waals surface area contributed by atoms with Crippen LogP contribution in [0.3, 0.4) is 0 Å². The molecule has 3 rings (SSSR count). The Bertz CT molecular complexity index is 1030. The summed E-state index contributed by atoms with van der Waals surface area (Å²) in [6, 6.07) is 14.7. The lowest BCUT2D eigenvalue weighted by molar-refractivity contribution is -0.385. The Morgan fingerprint density at radius 2 is 1.75 bits per heavy atom. The van der Waals surface area contributed by atoms with Gasteiger partial charge in [-0.25, -0.2) is 5.43 Å². The van der Waals surface area contributed by atoms with Gasteiger partial charge in [0.05, 0.1) is 17.7 Å². The first-order valence-corrected chi connectivity index (χ1v) is 9.56. The topological polar surface area (TPSA) is 102 Å². The number of hydrogen-bond acceptors (Lipinski definition) is 5. The quantitative estimate of drug-likeness (QED) is 0.308.